The van der Waals surface area contributed by atoms with E-state index in [9.17, 15) is 0 Å². The van der Waals surface area contributed by atoms with Crippen LogP contribution in [0.4, 0.5) is 0 Å². The van der Waals surface area contributed by atoms with E-state index in [1.54, 1.807) is 18.3 Å². The molecular formula is C41H38IrN2-2. The second-order valence-electron chi connectivity index (χ2n) is 11.1. The first-order valence-corrected chi connectivity index (χ1v) is 14.1. The molecule has 6 rings (SSSR count). The molecule has 0 aliphatic rings. The third kappa shape index (κ3) is 8.92. The van der Waals surface area contributed by atoms with E-state index in [1.165, 1.54) is 18.3 Å². The maximum absolute atomic E-state index is 8.39. The smallest absolute Gasteiger partial charge is 0.0321 e. The van der Waals surface area contributed by atoms with Gasteiger partial charge in [-0.15, -0.1) is 65.2 Å². The zero-order valence-electron chi connectivity index (χ0n) is 32.9. The minimum Gasteiger partial charge on any atom is -0.305 e. The molecule has 0 aliphatic heterocycles. The van der Waals surface area contributed by atoms with Gasteiger partial charge in [-0.05, 0) is 63.9 Å². The van der Waals surface area contributed by atoms with Crippen molar-refractivity contribution >= 4 is 0 Å². The molecule has 0 N–H and O–H groups in total. The third-order valence-electron chi connectivity index (χ3n) is 6.56. The summed E-state index contributed by atoms with van der Waals surface area (Å²) in [4.78, 5) is 8.64. The zero-order valence-corrected chi connectivity index (χ0v) is 27.2. The van der Waals surface area contributed by atoms with Crippen molar-refractivity contribution in [3.8, 4) is 44.8 Å². The summed E-state index contributed by atoms with van der Waals surface area (Å²) < 4.78 is 62.3. The van der Waals surface area contributed by atoms with E-state index < -0.39 is 25.5 Å². The Morgan fingerprint density at radius 3 is 2.16 bits per heavy atom. The summed E-state index contributed by atoms with van der Waals surface area (Å²) in [7, 11) is 0. The van der Waals surface area contributed by atoms with Gasteiger partial charge < -0.3 is 9.97 Å². The zero-order chi connectivity index (χ0) is 37.0. The van der Waals surface area contributed by atoms with Gasteiger partial charge in [0.15, 0.2) is 0 Å². The van der Waals surface area contributed by atoms with Crippen molar-refractivity contribution in [1.29, 1.82) is 0 Å². The molecule has 2 nitrogen and oxygen atoms in total. The van der Waals surface area contributed by atoms with Crippen LogP contribution in [0.2, 0.25) is 0 Å². The number of benzene rings is 4. The van der Waals surface area contributed by atoms with Gasteiger partial charge in [-0.3, -0.25) is 0 Å². The maximum Gasteiger partial charge on any atom is 0.0321 e. The molecule has 4 aromatic carbocycles. The Morgan fingerprint density at radius 2 is 1.50 bits per heavy atom. The van der Waals surface area contributed by atoms with Crippen LogP contribution in [0.5, 0.6) is 0 Å². The van der Waals surface area contributed by atoms with Crippen molar-refractivity contribution < 1.29 is 31.1 Å². The van der Waals surface area contributed by atoms with Gasteiger partial charge in [-0.1, -0.05) is 106 Å². The first-order valence-electron chi connectivity index (χ1n) is 18.1. The van der Waals surface area contributed by atoms with Crippen LogP contribution < -0.4 is 0 Å². The molecule has 6 aromatic rings. The Labute approximate surface area is 287 Å². The molecule has 0 amide bonds. The van der Waals surface area contributed by atoms with Crippen LogP contribution in [-0.2, 0) is 26.5 Å². The Hall–Kier alpha value is -4.17. The number of aromatic nitrogens is 2. The first kappa shape index (κ1) is 23.2. The SMILES string of the molecule is [2H]C([2H])([2H])c1ccc(-c2[c-]cc(C([2H])([2H])[2H])c(-c3ccccc3)c2)nc1.[2H]C([2H])(c1ccc(-c2ccnc(-c3[c-]cccc3)c2)cc1)C(C)(C)C.[Ir]. The van der Waals surface area contributed by atoms with Crippen LogP contribution in [0.1, 0.15) is 48.4 Å². The van der Waals surface area contributed by atoms with Gasteiger partial charge in [0.1, 0.15) is 0 Å². The molecular weight excluding hydrogens is 713 g/mol. The number of hydrogen-bond donors (Lipinski definition) is 0. The average Bonchev–Trinajstić information content (AvgIpc) is 3.11. The predicted molar refractivity (Wildman–Crippen MR) is 181 cm³/mol. The van der Waals surface area contributed by atoms with Crippen LogP contribution in [0, 0.1) is 31.3 Å². The molecule has 44 heavy (non-hydrogen) atoms. The Balaban J connectivity index is 0.000000228. The third-order valence-corrected chi connectivity index (χ3v) is 6.56. The number of rotatable bonds is 5. The van der Waals surface area contributed by atoms with E-state index >= 15 is 0 Å². The van der Waals surface area contributed by atoms with Gasteiger partial charge in [-0.2, -0.15) is 0 Å². The molecule has 0 unspecified atom stereocenters. The molecule has 0 saturated heterocycles. The Bertz CT molecular complexity index is 2050. The van der Waals surface area contributed by atoms with E-state index in [2.05, 4.69) is 22.1 Å². The van der Waals surface area contributed by atoms with Crippen molar-refractivity contribution in [3.63, 3.8) is 0 Å². The van der Waals surface area contributed by atoms with Crippen molar-refractivity contribution in [2.24, 2.45) is 5.41 Å². The topological polar surface area (TPSA) is 25.8 Å². The Kier molecular flexibility index (Phi) is 7.93. The number of hydrogen-bond acceptors (Lipinski definition) is 2. The van der Waals surface area contributed by atoms with Crippen LogP contribution in [-0.4, -0.2) is 9.97 Å². The van der Waals surface area contributed by atoms with Crippen molar-refractivity contribution in [3.05, 3.63) is 156 Å². The number of nitrogens with zero attached hydrogens (tertiary/aromatic N) is 2. The number of pyridine rings is 2. The predicted octanol–water partition coefficient (Wildman–Crippen LogP) is 10.6. The molecule has 0 bridgehead atoms. The fourth-order valence-electron chi connectivity index (χ4n) is 4.54. The van der Waals surface area contributed by atoms with E-state index in [0.29, 0.717) is 22.4 Å². The monoisotopic (exact) mass is 759 g/mol. The van der Waals surface area contributed by atoms with Gasteiger partial charge >= 0.3 is 0 Å². The summed E-state index contributed by atoms with van der Waals surface area (Å²) in [6.45, 7) is 1.29. The minimum absolute atomic E-state index is 0. The largest absolute Gasteiger partial charge is 0.305 e. The molecule has 0 aliphatic carbocycles. The summed E-state index contributed by atoms with van der Waals surface area (Å²) in [5.41, 5.74) is 7.08. The number of aryl methyl sites for hydroxylation is 2. The van der Waals surface area contributed by atoms with Gasteiger partial charge in [0, 0.05) is 43.5 Å². The van der Waals surface area contributed by atoms with Gasteiger partial charge in [-0.25, -0.2) is 0 Å². The standard InChI is InChI=1S/C22H22N.C19H16N.Ir/c1-22(2,3)16-17-9-11-18(12-10-17)20-13-14-23-21(15-20)19-7-5-4-6-8-19;1-14-8-11-19(20-13-14)17-10-9-15(2)18(12-17)16-6-4-3-5-7-16;/h4-7,9-15H,16H2,1-3H3;3-9,11-13H,1-2H3;/q2*-1;/i16D2;1D3,2D3;. The quantitative estimate of drug-likeness (QED) is 0.164. The van der Waals surface area contributed by atoms with E-state index in [-0.39, 0.29) is 31.2 Å². The molecule has 1 radical (unpaired) electrons. The summed E-state index contributed by atoms with van der Waals surface area (Å²) in [5, 5.41) is 0. The minimum atomic E-state index is -2.27. The van der Waals surface area contributed by atoms with E-state index in [4.69, 9.17) is 11.0 Å². The van der Waals surface area contributed by atoms with E-state index in [1.807, 2.05) is 112 Å². The fourth-order valence-corrected chi connectivity index (χ4v) is 4.54. The summed E-state index contributed by atoms with van der Waals surface area (Å²) in [6, 6.07) is 41.2. The summed E-state index contributed by atoms with van der Waals surface area (Å²) in [5.74, 6) is 0. The molecule has 2 aromatic heterocycles. The van der Waals surface area contributed by atoms with Crippen LogP contribution in [0.3, 0.4) is 0 Å². The molecule has 0 spiro atoms. The van der Waals surface area contributed by atoms with Crippen LogP contribution in [0.25, 0.3) is 44.8 Å². The van der Waals surface area contributed by atoms with Gasteiger partial charge in [0.25, 0.3) is 0 Å². The van der Waals surface area contributed by atoms with Gasteiger partial charge in [0.05, 0.1) is 0 Å². The molecule has 0 fully saturated rings. The van der Waals surface area contributed by atoms with Crippen molar-refractivity contribution in [2.75, 3.05) is 0 Å². The summed E-state index contributed by atoms with van der Waals surface area (Å²) in [6.07, 6.45) is 1.73. The van der Waals surface area contributed by atoms with Gasteiger partial charge in [0.2, 0.25) is 0 Å². The normalized spacial score (nSPS) is 14.3. The maximum atomic E-state index is 8.39. The average molecular weight is 759 g/mol. The molecule has 2 heterocycles. The van der Waals surface area contributed by atoms with Crippen molar-refractivity contribution in [1.82, 2.24) is 9.97 Å². The second-order valence-corrected chi connectivity index (χ2v) is 11.1. The summed E-state index contributed by atoms with van der Waals surface area (Å²) >= 11 is 0. The van der Waals surface area contributed by atoms with Crippen LogP contribution in [0.15, 0.2) is 128 Å². The second kappa shape index (κ2) is 15.0. The first-order chi connectivity index (χ1) is 23.9. The molecule has 0 saturated carbocycles. The fraction of sp³-hybridized carbons (Fsp3) is 0.171. The Morgan fingerprint density at radius 1 is 0.705 bits per heavy atom. The van der Waals surface area contributed by atoms with Crippen LogP contribution >= 0.6 is 0 Å². The molecule has 223 valence electrons. The van der Waals surface area contributed by atoms with E-state index in [0.717, 1.165) is 27.9 Å². The molecule has 0 atom stereocenters. The van der Waals surface area contributed by atoms with Crippen molar-refractivity contribution in [2.45, 2.75) is 40.8 Å². The molecule has 3 heteroatoms.